The lowest BCUT2D eigenvalue weighted by Crippen LogP contribution is -2.49. The third-order valence-electron chi connectivity index (χ3n) is 21.3. The van der Waals surface area contributed by atoms with Crippen LogP contribution in [0, 0.1) is 11.8 Å². The van der Waals surface area contributed by atoms with Crippen LogP contribution in [0.3, 0.4) is 0 Å². The molecule has 0 bridgehead atoms. The first-order valence-corrected chi connectivity index (χ1v) is 42.0. The maximum atomic E-state index is 14.4. The number of hydrogen-bond donors (Lipinski definition) is 5. The molecule has 3 atom stereocenters. The molecule has 0 spiro atoms. The molecule has 6 N–H and O–H groups in total. The molecule has 122 heavy (non-hydrogen) atoms. The van der Waals surface area contributed by atoms with Gasteiger partial charge in [-0.25, -0.2) is 29.1 Å². The highest BCUT2D eigenvalue weighted by Gasteiger charge is 2.51. The van der Waals surface area contributed by atoms with Crippen molar-refractivity contribution < 1.29 is 100 Å². The summed E-state index contributed by atoms with van der Waals surface area (Å²) in [6.07, 6.45) is -0.935. The summed E-state index contributed by atoms with van der Waals surface area (Å²) >= 11 is 2.25. The molecular weight excluding hydrogens is 1620 g/mol. The van der Waals surface area contributed by atoms with Crippen molar-refractivity contribution in [3.8, 4) is 22.9 Å². The second-order valence-electron chi connectivity index (χ2n) is 29.9. The van der Waals surface area contributed by atoms with Crippen molar-refractivity contribution in [1.82, 2.24) is 39.8 Å². The number of aryl methyl sites for hydroxylation is 1. The number of benzene rings is 5. The number of aromatic hydroxyl groups is 1. The summed E-state index contributed by atoms with van der Waals surface area (Å²) in [6.45, 7) is 11.2. The van der Waals surface area contributed by atoms with Gasteiger partial charge >= 0.3 is 24.2 Å². The average Bonchev–Trinajstić information content (AvgIpc) is 1.53. The number of nitrogens with zero attached hydrogens (tertiary/aromatic N) is 7. The third kappa shape index (κ3) is 21.8. The topological polar surface area (TPSA) is 404 Å². The van der Waals surface area contributed by atoms with Crippen LogP contribution in [0.1, 0.15) is 102 Å². The number of nitrogens with two attached hydrogens (primary N) is 1. The third-order valence-corrected chi connectivity index (χ3v) is 23.6. The summed E-state index contributed by atoms with van der Waals surface area (Å²) in [5.41, 5.74) is 8.80. The standard InChI is InChI=1S/C87H99N11O22S2/c1-7-64-65-47-60(99)21-28-69(65)91-74-66(64)49-97-70(74)48-68-67(80(97)105)51-118-83(108)87(68,8-2)120-86(111)94(6)31-30-93(5)85(110)119-50-54-11-17-58(18-12-54)90-77(102)57(10-9-29-89-84(88)109)46-71(100)73(53(3)4)92-72(101)52-116-43-42-114-40-41-115-44-45-117-61-22-19-59(20-23-61)98-81(106)75(121-62-24-13-55(14-25-62)78(103)95-32-36-112-37-33-95)76(82(98)107)122-63-26-15-56(16-27-63)79(104)96-34-38-113-39-35-96/h11-28,47-48,53,57,73,99H,7-10,29-46,49-52H2,1-6H3,(H,90,102)(H,92,101)(H3,88,89,109)/t57-,73+,87+/m1/s1. The summed E-state index contributed by atoms with van der Waals surface area (Å²) in [5.74, 6) is -4.37. The molecule has 646 valence electrons. The molecule has 0 radical (unpaired) electrons. The minimum atomic E-state index is -1.99. The number of ether oxygens (including phenoxy) is 9. The number of carbonyl (C=O) groups excluding carboxylic acids is 11. The fourth-order valence-electron chi connectivity index (χ4n) is 14.6. The molecule has 7 heterocycles. The van der Waals surface area contributed by atoms with E-state index in [9.17, 15) is 62.6 Å². The number of hydrogen-bond acceptors (Lipinski definition) is 25. The van der Waals surface area contributed by atoms with E-state index in [2.05, 4.69) is 16.0 Å². The number of fused-ring (bicyclic) bond motifs is 5. The number of carbonyl (C=O) groups is 11. The number of cyclic esters (lactones) is 1. The summed E-state index contributed by atoms with van der Waals surface area (Å²) in [6, 6.07) is 31.6. The van der Waals surface area contributed by atoms with Gasteiger partial charge in [0.2, 0.25) is 17.4 Å². The van der Waals surface area contributed by atoms with Crippen LogP contribution in [-0.2, 0) is 98.4 Å². The van der Waals surface area contributed by atoms with Crippen LogP contribution < -0.4 is 36.9 Å². The number of esters is 1. The number of primary amides is 1. The van der Waals surface area contributed by atoms with Gasteiger partial charge in [-0.05, 0) is 152 Å². The number of rotatable bonds is 38. The van der Waals surface area contributed by atoms with Crippen molar-refractivity contribution in [3.05, 3.63) is 180 Å². The predicted molar refractivity (Wildman–Crippen MR) is 449 cm³/mol. The minimum Gasteiger partial charge on any atom is -0.508 e. The van der Waals surface area contributed by atoms with Crippen LogP contribution in [-0.4, -0.2) is 238 Å². The predicted octanol–water partition coefficient (Wildman–Crippen LogP) is 8.54. The van der Waals surface area contributed by atoms with Crippen molar-refractivity contribution >= 4 is 111 Å². The number of thioether (sulfide) groups is 2. The van der Waals surface area contributed by atoms with E-state index in [1.54, 1.807) is 150 Å². The molecule has 2 fully saturated rings. The van der Waals surface area contributed by atoms with Gasteiger partial charge in [-0.3, -0.25) is 38.4 Å². The maximum absolute atomic E-state index is 14.4. The van der Waals surface area contributed by atoms with Crippen LogP contribution >= 0.6 is 23.5 Å². The van der Waals surface area contributed by atoms with Crippen molar-refractivity contribution in [3.63, 3.8) is 0 Å². The lowest BCUT2D eigenvalue weighted by molar-refractivity contribution is -0.173. The zero-order chi connectivity index (χ0) is 86.7. The van der Waals surface area contributed by atoms with Gasteiger partial charge in [0.05, 0.1) is 110 Å². The number of amides is 10. The molecule has 33 nitrogen and oxygen atoms in total. The molecule has 0 aliphatic carbocycles. The minimum absolute atomic E-state index is 0.0218. The van der Waals surface area contributed by atoms with Crippen molar-refractivity contribution in [2.45, 2.75) is 101 Å². The number of imide groups is 1. The number of Topliss-reactive ketones (excluding diaryl/α,β-unsaturated/α-hetero) is 1. The Labute approximate surface area is 712 Å². The van der Waals surface area contributed by atoms with E-state index in [1.165, 1.54) is 30.0 Å². The van der Waals surface area contributed by atoms with Crippen molar-refractivity contribution in [2.24, 2.45) is 17.6 Å². The van der Waals surface area contributed by atoms with E-state index in [0.717, 1.165) is 44.9 Å². The number of likely N-dealkylation sites (N-methyl/N-ethyl adjacent to an activating group) is 2. The second kappa shape index (κ2) is 41.7. The average molecular weight is 1710 g/mol. The van der Waals surface area contributed by atoms with Gasteiger partial charge in [0.25, 0.3) is 29.2 Å². The van der Waals surface area contributed by atoms with Crippen LogP contribution in [0.4, 0.5) is 25.8 Å². The molecule has 12 rings (SSSR count). The van der Waals surface area contributed by atoms with E-state index >= 15 is 0 Å². The molecular formula is C87H99N11O22S2. The Morgan fingerprint density at radius 2 is 1.27 bits per heavy atom. The lowest BCUT2D eigenvalue weighted by Gasteiger charge is -2.36. The van der Waals surface area contributed by atoms with Crippen LogP contribution in [0.15, 0.2) is 146 Å². The zero-order valence-electron chi connectivity index (χ0n) is 68.7. The number of phenols is 1. The lowest BCUT2D eigenvalue weighted by atomic mass is 9.85. The molecule has 2 saturated heterocycles. The SMILES string of the molecule is CCc1c2c(nc3ccc(O)cc13)-c1cc3c(c(=O)n1C2)COC(=O)[C@@]3(CC)OC(=O)N(C)CCN(C)C(=O)OCc1ccc(NC(=O)[C@H](CCCNC(N)=O)CC(=O)[C@@H](NC(=O)COCCOCCOCCOc2ccc(N3C(=O)C(Sc4ccc(C(=O)N5CCOCC5)cc4)=C(Sc4ccc(C(=O)N5CCOCC5)cc4)C3=O)cc2)C(C)C)cc1. The highest BCUT2D eigenvalue weighted by Crippen LogP contribution is 2.46. The molecule has 0 saturated carbocycles. The summed E-state index contributed by atoms with van der Waals surface area (Å²) in [4.78, 5) is 177. The van der Waals surface area contributed by atoms with E-state index in [-0.39, 0.29) is 156 Å². The largest absolute Gasteiger partial charge is 0.508 e. The van der Waals surface area contributed by atoms with E-state index in [1.807, 2.05) is 6.92 Å². The van der Waals surface area contributed by atoms with Gasteiger partial charge in [-0.15, -0.1) is 0 Å². The molecule has 7 aromatic rings. The number of nitrogens with one attached hydrogen (secondary N) is 3. The van der Waals surface area contributed by atoms with Crippen LogP contribution in [0.25, 0.3) is 22.3 Å². The smallest absolute Gasteiger partial charge is 0.411 e. The molecule has 2 aromatic heterocycles. The van der Waals surface area contributed by atoms with E-state index < -0.39 is 76.7 Å². The Morgan fingerprint density at radius 1 is 0.689 bits per heavy atom. The number of pyridine rings is 2. The van der Waals surface area contributed by atoms with Crippen LogP contribution in [0.5, 0.6) is 11.5 Å². The Bertz CT molecular complexity index is 5040. The van der Waals surface area contributed by atoms with Crippen LogP contribution in [0.2, 0.25) is 0 Å². The monoisotopic (exact) mass is 1710 g/mol. The maximum Gasteiger partial charge on any atom is 0.411 e. The normalized spacial score (nSPS) is 16.0. The second-order valence-corrected chi connectivity index (χ2v) is 32.0. The number of anilines is 2. The molecule has 0 unspecified atom stereocenters. The molecule has 5 aliphatic rings. The quantitative estimate of drug-likeness (QED) is 0.0105. The summed E-state index contributed by atoms with van der Waals surface area (Å²) < 4.78 is 52.3. The highest BCUT2D eigenvalue weighted by molar-refractivity contribution is 8.08. The fourth-order valence-corrected chi connectivity index (χ4v) is 16.6. The van der Waals surface area contributed by atoms with Crippen molar-refractivity contribution in [2.75, 3.05) is 143 Å². The van der Waals surface area contributed by atoms with E-state index in [4.69, 9.17) is 53.3 Å². The van der Waals surface area contributed by atoms with Gasteiger partial charge in [0.15, 0.2) is 5.78 Å². The summed E-state index contributed by atoms with van der Waals surface area (Å²) in [7, 11) is 2.91. The molecule has 35 heteroatoms. The highest BCUT2D eigenvalue weighted by atomic mass is 32.2. The van der Waals surface area contributed by atoms with Gasteiger partial charge in [-0.1, -0.05) is 63.4 Å². The van der Waals surface area contributed by atoms with Gasteiger partial charge in [0, 0.05) is 115 Å². The van der Waals surface area contributed by atoms with Crippen molar-refractivity contribution in [1.29, 1.82) is 0 Å². The molecule has 10 amide bonds. The van der Waals surface area contributed by atoms with Gasteiger partial charge < -0.3 is 93.6 Å². The fraction of sp³-hybridized carbons (Fsp3) is 0.414. The first-order chi connectivity index (χ1) is 58.8. The van der Waals surface area contributed by atoms with E-state index in [0.29, 0.717) is 120 Å². The first-order valence-electron chi connectivity index (χ1n) is 40.4. The van der Waals surface area contributed by atoms with Gasteiger partial charge in [-0.2, -0.15) is 0 Å². The van der Waals surface area contributed by atoms with Gasteiger partial charge in [0.1, 0.15) is 37.9 Å². The number of ketones is 1. The number of morpholine rings is 2. The zero-order valence-corrected chi connectivity index (χ0v) is 70.3. The summed E-state index contributed by atoms with van der Waals surface area (Å²) in [5, 5.41) is 19.1. The Morgan fingerprint density at radius 3 is 1.84 bits per heavy atom. The number of phenolic OH excluding ortho intramolecular Hbond substituents is 1. The first kappa shape index (κ1) is 89.5. The molecule has 5 aromatic carbocycles. The Balaban J connectivity index is 0.546. The number of urea groups is 1. The Kier molecular flexibility index (Phi) is 30.6. The Hall–Kier alpha value is -11.7. The molecule has 5 aliphatic heterocycles. The number of aromatic nitrogens is 2.